The lowest BCUT2D eigenvalue weighted by Crippen LogP contribution is -2.59. The fourth-order valence-electron chi connectivity index (χ4n) is 3.65. The van der Waals surface area contributed by atoms with Crippen molar-refractivity contribution in [2.45, 2.75) is 57.3 Å². The lowest BCUT2D eigenvalue weighted by Gasteiger charge is -2.30. The molecule has 0 radical (unpaired) electrons. The van der Waals surface area contributed by atoms with E-state index in [0.29, 0.717) is 19.4 Å². The van der Waals surface area contributed by atoms with E-state index in [1.54, 1.807) is 13.8 Å². The maximum atomic E-state index is 13.2. The topological polar surface area (TPSA) is 142 Å². The maximum Gasteiger partial charge on any atom is 0.326 e. The second-order valence-corrected chi connectivity index (χ2v) is 8.66. The van der Waals surface area contributed by atoms with Crippen LogP contribution in [0.2, 0.25) is 0 Å². The smallest absolute Gasteiger partial charge is 0.326 e. The number of amides is 3. The highest BCUT2D eigenvalue weighted by Crippen LogP contribution is 2.20. The van der Waals surface area contributed by atoms with Gasteiger partial charge in [-0.15, -0.1) is 0 Å². The first-order chi connectivity index (χ1) is 15.1. The van der Waals surface area contributed by atoms with Crippen LogP contribution >= 0.6 is 12.6 Å². The molecule has 0 aromatic heterocycles. The van der Waals surface area contributed by atoms with Crippen LogP contribution in [0.15, 0.2) is 30.3 Å². The number of rotatable bonds is 10. The summed E-state index contributed by atoms with van der Waals surface area (Å²) < 4.78 is 0. The molecule has 1 heterocycles. The van der Waals surface area contributed by atoms with Crippen molar-refractivity contribution in [1.82, 2.24) is 15.5 Å². The van der Waals surface area contributed by atoms with Crippen LogP contribution in [0, 0.1) is 5.92 Å². The molecule has 0 bridgehead atoms. The van der Waals surface area contributed by atoms with Gasteiger partial charge in [0, 0.05) is 18.7 Å². The normalized spacial score (nSPS) is 18.7. The molecule has 0 saturated carbocycles. The molecule has 9 nitrogen and oxygen atoms in total. The Morgan fingerprint density at radius 1 is 1.16 bits per heavy atom. The Morgan fingerprint density at radius 3 is 2.38 bits per heavy atom. The number of benzene rings is 1. The number of nitrogens with zero attached hydrogens (tertiary/aromatic N) is 1. The van der Waals surface area contributed by atoms with Gasteiger partial charge in [0.15, 0.2) is 0 Å². The zero-order chi connectivity index (χ0) is 23.8. The molecule has 1 aliphatic rings. The Morgan fingerprint density at radius 2 is 1.81 bits per heavy atom. The van der Waals surface area contributed by atoms with Gasteiger partial charge in [0.25, 0.3) is 0 Å². The minimum absolute atomic E-state index is 0.115. The van der Waals surface area contributed by atoms with Crippen molar-refractivity contribution in [3.63, 3.8) is 0 Å². The summed E-state index contributed by atoms with van der Waals surface area (Å²) in [6.45, 7) is 3.88. The Bertz CT molecular complexity index is 820. The van der Waals surface area contributed by atoms with Gasteiger partial charge in [-0.3, -0.25) is 14.4 Å². The molecular weight excluding hydrogens is 432 g/mol. The van der Waals surface area contributed by atoms with E-state index in [0.717, 1.165) is 5.56 Å². The van der Waals surface area contributed by atoms with Gasteiger partial charge >= 0.3 is 5.97 Å². The molecular formula is C22H32N4O5S. The fraction of sp³-hybridized carbons (Fsp3) is 0.545. The first kappa shape index (κ1) is 25.7. The van der Waals surface area contributed by atoms with E-state index in [2.05, 4.69) is 23.3 Å². The second-order valence-electron chi connectivity index (χ2n) is 8.30. The van der Waals surface area contributed by atoms with Crippen LogP contribution in [0.4, 0.5) is 0 Å². The molecule has 4 unspecified atom stereocenters. The predicted octanol–water partition coefficient (Wildman–Crippen LogP) is 0.187. The average Bonchev–Trinajstić information content (AvgIpc) is 3.26. The summed E-state index contributed by atoms with van der Waals surface area (Å²) in [5.41, 5.74) is 6.57. The minimum Gasteiger partial charge on any atom is -0.480 e. The number of aliphatic carboxylic acids is 1. The predicted molar refractivity (Wildman–Crippen MR) is 123 cm³/mol. The summed E-state index contributed by atoms with van der Waals surface area (Å²) in [4.78, 5) is 51.5. The molecule has 0 spiro atoms. The number of carboxylic acids is 1. The quantitative estimate of drug-likeness (QED) is 0.313. The van der Waals surface area contributed by atoms with Gasteiger partial charge in [0.1, 0.15) is 18.1 Å². The summed E-state index contributed by atoms with van der Waals surface area (Å²) in [5.74, 6) is -2.71. The Labute approximate surface area is 193 Å². The highest BCUT2D eigenvalue weighted by atomic mass is 32.1. The highest BCUT2D eigenvalue weighted by Gasteiger charge is 2.39. The number of carbonyl (C=O) groups is 4. The second kappa shape index (κ2) is 11.9. The van der Waals surface area contributed by atoms with Crippen LogP contribution in [0.25, 0.3) is 0 Å². The summed E-state index contributed by atoms with van der Waals surface area (Å²) in [7, 11) is 0. The number of hydrogen-bond donors (Lipinski definition) is 5. The number of thiol groups is 1. The van der Waals surface area contributed by atoms with E-state index >= 15 is 0 Å². The van der Waals surface area contributed by atoms with E-state index in [9.17, 15) is 24.3 Å². The molecule has 1 aromatic rings. The largest absolute Gasteiger partial charge is 0.480 e. The lowest BCUT2D eigenvalue weighted by atomic mass is 10.00. The van der Waals surface area contributed by atoms with Crippen LogP contribution in [-0.4, -0.2) is 70.2 Å². The molecule has 0 aliphatic carbocycles. The third-order valence-electron chi connectivity index (χ3n) is 5.50. The van der Waals surface area contributed by atoms with E-state index in [-0.39, 0.29) is 18.1 Å². The number of nitrogens with two attached hydrogens (primary N) is 1. The number of carboxylic acid groups (broad SMARTS) is 1. The summed E-state index contributed by atoms with van der Waals surface area (Å²) in [6.07, 6.45) is 1.18. The molecule has 3 amide bonds. The zero-order valence-electron chi connectivity index (χ0n) is 18.4. The Balaban J connectivity index is 2.20. The third-order valence-corrected chi connectivity index (χ3v) is 5.89. The van der Waals surface area contributed by atoms with Gasteiger partial charge < -0.3 is 26.4 Å². The van der Waals surface area contributed by atoms with Gasteiger partial charge in [-0.2, -0.15) is 12.6 Å². The lowest BCUT2D eigenvalue weighted by molar-refractivity contribution is -0.150. The van der Waals surface area contributed by atoms with Crippen LogP contribution in [-0.2, 0) is 25.6 Å². The standard InChI is InChI=1S/C22H32N4O5S/c1-13(2)18(21(29)26-10-6-9-17(26)22(30)31)25-20(28)16(24-19(27)15(23)12-32)11-14-7-4-3-5-8-14/h3-5,7-8,13,15-18,32H,6,9-12,23H2,1-2H3,(H,24,27)(H,25,28)(H,30,31). The van der Waals surface area contributed by atoms with Crippen molar-refractivity contribution in [3.8, 4) is 0 Å². The van der Waals surface area contributed by atoms with Gasteiger partial charge in [-0.1, -0.05) is 44.2 Å². The van der Waals surface area contributed by atoms with Crippen LogP contribution in [0.5, 0.6) is 0 Å². The maximum absolute atomic E-state index is 13.2. The van der Waals surface area contributed by atoms with Crippen molar-refractivity contribution >= 4 is 36.3 Å². The van der Waals surface area contributed by atoms with E-state index < -0.39 is 47.9 Å². The van der Waals surface area contributed by atoms with E-state index in [1.165, 1.54) is 4.90 Å². The molecule has 1 fully saturated rings. The van der Waals surface area contributed by atoms with E-state index in [1.807, 2.05) is 30.3 Å². The monoisotopic (exact) mass is 464 g/mol. The number of nitrogens with one attached hydrogen (secondary N) is 2. The van der Waals surface area contributed by atoms with Gasteiger partial charge in [0.05, 0.1) is 6.04 Å². The average molecular weight is 465 g/mol. The number of carbonyl (C=O) groups excluding carboxylic acids is 3. The molecule has 1 saturated heterocycles. The van der Waals surface area contributed by atoms with E-state index in [4.69, 9.17) is 5.73 Å². The molecule has 10 heteroatoms. The molecule has 1 aliphatic heterocycles. The van der Waals surface area contributed by atoms with Gasteiger partial charge in [0.2, 0.25) is 17.7 Å². The summed E-state index contributed by atoms with van der Waals surface area (Å²) >= 11 is 4.03. The number of likely N-dealkylation sites (tertiary alicyclic amines) is 1. The summed E-state index contributed by atoms with van der Waals surface area (Å²) in [6, 6.07) is 5.50. The first-order valence-corrected chi connectivity index (χ1v) is 11.3. The van der Waals surface area contributed by atoms with Gasteiger partial charge in [-0.25, -0.2) is 4.79 Å². The van der Waals surface area contributed by atoms with Crippen molar-refractivity contribution in [1.29, 1.82) is 0 Å². The molecule has 2 rings (SSSR count). The van der Waals surface area contributed by atoms with Crippen LogP contribution in [0.3, 0.4) is 0 Å². The Hall–Kier alpha value is -2.59. The molecule has 4 atom stereocenters. The van der Waals surface area contributed by atoms with Crippen molar-refractivity contribution in [3.05, 3.63) is 35.9 Å². The molecule has 176 valence electrons. The highest BCUT2D eigenvalue weighted by molar-refractivity contribution is 7.80. The first-order valence-electron chi connectivity index (χ1n) is 10.7. The van der Waals surface area contributed by atoms with Crippen molar-refractivity contribution in [2.24, 2.45) is 11.7 Å². The zero-order valence-corrected chi connectivity index (χ0v) is 19.3. The van der Waals surface area contributed by atoms with Crippen LogP contribution < -0.4 is 16.4 Å². The fourth-order valence-corrected chi connectivity index (χ4v) is 3.82. The Kier molecular flexibility index (Phi) is 9.52. The SMILES string of the molecule is CC(C)C(NC(=O)C(Cc1ccccc1)NC(=O)C(N)CS)C(=O)N1CCCC1C(=O)O. The molecule has 32 heavy (non-hydrogen) atoms. The van der Waals surface area contributed by atoms with Crippen molar-refractivity contribution < 1.29 is 24.3 Å². The van der Waals surface area contributed by atoms with Crippen LogP contribution in [0.1, 0.15) is 32.3 Å². The van der Waals surface area contributed by atoms with Crippen molar-refractivity contribution in [2.75, 3.05) is 12.3 Å². The molecule has 5 N–H and O–H groups in total. The summed E-state index contributed by atoms with van der Waals surface area (Å²) in [5, 5.41) is 14.8. The third kappa shape index (κ3) is 6.70. The van der Waals surface area contributed by atoms with Gasteiger partial charge in [-0.05, 0) is 24.3 Å². The number of hydrogen-bond acceptors (Lipinski definition) is 6. The molecule has 1 aromatic carbocycles. The minimum atomic E-state index is -1.06.